The minimum atomic E-state index is -0.316. The lowest BCUT2D eigenvalue weighted by molar-refractivity contribution is -0.139. The van der Waals surface area contributed by atoms with E-state index in [4.69, 9.17) is 0 Å². The monoisotopic (exact) mass is 220 g/mol. The van der Waals surface area contributed by atoms with Crippen molar-refractivity contribution in [3.8, 4) is 0 Å². The second kappa shape index (κ2) is 5.10. The van der Waals surface area contributed by atoms with Crippen molar-refractivity contribution in [1.82, 2.24) is 9.88 Å². The van der Waals surface area contributed by atoms with E-state index in [9.17, 15) is 4.79 Å². The smallest absolute Gasteiger partial charge is 0.228 e. The van der Waals surface area contributed by atoms with Crippen LogP contribution < -0.4 is 0 Å². The van der Waals surface area contributed by atoms with Crippen LogP contribution in [0.1, 0.15) is 33.3 Å². The standard InChI is InChI=1S/C13H20N2O/c1-5-15(12(16)13(2,3)4)10-11-6-8-14-9-7-11/h6-9H,5,10H2,1-4H3. The number of amides is 1. The summed E-state index contributed by atoms with van der Waals surface area (Å²) >= 11 is 0. The highest BCUT2D eigenvalue weighted by atomic mass is 16.2. The second-order valence-electron chi connectivity index (χ2n) is 4.92. The third kappa shape index (κ3) is 3.33. The fourth-order valence-corrected chi connectivity index (χ4v) is 1.51. The molecular weight excluding hydrogens is 200 g/mol. The minimum absolute atomic E-state index is 0.187. The highest BCUT2D eigenvalue weighted by Crippen LogP contribution is 2.18. The van der Waals surface area contributed by atoms with Gasteiger partial charge in [0.15, 0.2) is 0 Å². The molecule has 0 bridgehead atoms. The summed E-state index contributed by atoms with van der Waals surface area (Å²) in [6.45, 7) is 9.25. The maximum Gasteiger partial charge on any atom is 0.228 e. The number of aromatic nitrogens is 1. The summed E-state index contributed by atoms with van der Waals surface area (Å²) in [4.78, 5) is 17.9. The topological polar surface area (TPSA) is 33.2 Å². The molecule has 1 amide bonds. The normalized spacial score (nSPS) is 11.2. The Labute approximate surface area is 97.5 Å². The van der Waals surface area contributed by atoms with E-state index in [0.717, 1.165) is 12.1 Å². The summed E-state index contributed by atoms with van der Waals surface area (Å²) in [5.41, 5.74) is 0.803. The molecule has 0 aromatic carbocycles. The van der Waals surface area contributed by atoms with E-state index in [1.165, 1.54) is 0 Å². The van der Waals surface area contributed by atoms with Gasteiger partial charge in [-0.1, -0.05) is 20.8 Å². The van der Waals surface area contributed by atoms with Crippen LogP contribution in [0.5, 0.6) is 0 Å². The van der Waals surface area contributed by atoms with E-state index < -0.39 is 0 Å². The first-order chi connectivity index (χ1) is 7.45. The van der Waals surface area contributed by atoms with Crippen molar-refractivity contribution in [2.75, 3.05) is 6.54 Å². The van der Waals surface area contributed by atoms with Gasteiger partial charge >= 0.3 is 0 Å². The first-order valence-corrected chi connectivity index (χ1v) is 5.63. The predicted molar refractivity (Wildman–Crippen MR) is 64.8 cm³/mol. The lowest BCUT2D eigenvalue weighted by Crippen LogP contribution is -2.38. The van der Waals surface area contributed by atoms with Crippen molar-refractivity contribution < 1.29 is 4.79 Å². The molecule has 88 valence electrons. The van der Waals surface area contributed by atoms with Gasteiger partial charge in [0.1, 0.15) is 0 Å². The van der Waals surface area contributed by atoms with Crippen LogP contribution >= 0.6 is 0 Å². The van der Waals surface area contributed by atoms with Gasteiger partial charge in [-0.2, -0.15) is 0 Å². The Balaban J connectivity index is 2.74. The largest absolute Gasteiger partial charge is 0.338 e. The Morgan fingerprint density at radius 2 is 1.88 bits per heavy atom. The van der Waals surface area contributed by atoms with Crippen LogP contribution in [-0.4, -0.2) is 22.3 Å². The Bertz CT molecular complexity index is 341. The van der Waals surface area contributed by atoms with Gasteiger partial charge in [0.05, 0.1) is 0 Å². The van der Waals surface area contributed by atoms with E-state index in [-0.39, 0.29) is 11.3 Å². The molecule has 0 aliphatic heterocycles. The molecule has 0 N–H and O–H groups in total. The molecule has 0 unspecified atom stereocenters. The predicted octanol–water partition coefficient (Wildman–Crippen LogP) is 2.48. The summed E-state index contributed by atoms with van der Waals surface area (Å²) in [5.74, 6) is 0.187. The first-order valence-electron chi connectivity index (χ1n) is 5.63. The van der Waals surface area contributed by atoms with Crippen LogP contribution in [0.25, 0.3) is 0 Å². The molecule has 3 heteroatoms. The summed E-state index contributed by atoms with van der Waals surface area (Å²) in [6.07, 6.45) is 3.51. The quantitative estimate of drug-likeness (QED) is 0.784. The number of pyridine rings is 1. The van der Waals surface area contributed by atoms with Crippen LogP contribution in [0.15, 0.2) is 24.5 Å². The molecule has 0 aliphatic carbocycles. The van der Waals surface area contributed by atoms with Crippen molar-refractivity contribution >= 4 is 5.91 Å². The van der Waals surface area contributed by atoms with Crippen molar-refractivity contribution in [3.63, 3.8) is 0 Å². The highest BCUT2D eigenvalue weighted by Gasteiger charge is 2.26. The molecule has 0 radical (unpaired) electrons. The lowest BCUT2D eigenvalue weighted by Gasteiger charge is -2.28. The Morgan fingerprint density at radius 1 is 1.31 bits per heavy atom. The Kier molecular flexibility index (Phi) is 4.05. The van der Waals surface area contributed by atoms with Gasteiger partial charge in [0.25, 0.3) is 0 Å². The van der Waals surface area contributed by atoms with Crippen molar-refractivity contribution in [1.29, 1.82) is 0 Å². The molecular formula is C13H20N2O. The zero-order chi connectivity index (χ0) is 12.2. The third-order valence-electron chi connectivity index (χ3n) is 2.43. The molecule has 0 atom stereocenters. The van der Waals surface area contributed by atoms with Crippen molar-refractivity contribution in [2.24, 2.45) is 5.41 Å². The van der Waals surface area contributed by atoms with E-state index in [0.29, 0.717) is 6.54 Å². The lowest BCUT2D eigenvalue weighted by atomic mass is 9.94. The van der Waals surface area contributed by atoms with Gasteiger partial charge in [-0.3, -0.25) is 9.78 Å². The number of nitrogens with zero attached hydrogens (tertiary/aromatic N) is 2. The zero-order valence-electron chi connectivity index (χ0n) is 10.5. The number of hydrogen-bond acceptors (Lipinski definition) is 2. The molecule has 16 heavy (non-hydrogen) atoms. The average Bonchev–Trinajstić information content (AvgIpc) is 2.25. The van der Waals surface area contributed by atoms with Gasteiger partial charge in [-0.15, -0.1) is 0 Å². The van der Waals surface area contributed by atoms with Crippen LogP contribution in [-0.2, 0) is 11.3 Å². The van der Waals surface area contributed by atoms with Gasteiger partial charge in [0.2, 0.25) is 5.91 Å². The van der Waals surface area contributed by atoms with E-state index in [1.807, 2.05) is 44.7 Å². The molecule has 3 nitrogen and oxygen atoms in total. The number of carbonyl (C=O) groups is 1. The van der Waals surface area contributed by atoms with Gasteiger partial charge in [-0.05, 0) is 24.6 Å². The Morgan fingerprint density at radius 3 is 2.31 bits per heavy atom. The molecule has 0 saturated carbocycles. The summed E-state index contributed by atoms with van der Waals surface area (Å²) < 4.78 is 0. The SMILES string of the molecule is CCN(Cc1ccncc1)C(=O)C(C)(C)C. The summed E-state index contributed by atoms with van der Waals surface area (Å²) in [5, 5.41) is 0. The second-order valence-corrected chi connectivity index (χ2v) is 4.92. The fraction of sp³-hybridized carbons (Fsp3) is 0.538. The van der Waals surface area contributed by atoms with Gasteiger partial charge < -0.3 is 4.90 Å². The van der Waals surface area contributed by atoms with Crippen LogP contribution in [0.3, 0.4) is 0 Å². The maximum absolute atomic E-state index is 12.1. The molecule has 0 spiro atoms. The number of hydrogen-bond donors (Lipinski definition) is 0. The minimum Gasteiger partial charge on any atom is -0.338 e. The summed E-state index contributed by atoms with van der Waals surface area (Å²) in [6, 6.07) is 3.89. The molecule has 0 saturated heterocycles. The van der Waals surface area contributed by atoms with Crippen molar-refractivity contribution in [2.45, 2.75) is 34.2 Å². The van der Waals surface area contributed by atoms with E-state index in [1.54, 1.807) is 12.4 Å². The number of carbonyl (C=O) groups excluding carboxylic acids is 1. The van der Waals surface area contributed by atoms with Crippen molar-refractivity contribution in [3.05, 3.63) is 30.1 Å². The molecule has 0 fully saturated rings. The molecule has 1 aromatic heterocycles. The average molecular weight is 220 g/mol. The molecule has 0 aliphatic rings. The van der Waals surface area contributed by atoms with Gasteiger partial charge in [0, 0.05) is 30.9 Å². The van der Waals surface area contributed by atoms with E-state index in [2.05, 4.69) is 4.98 Å². The highest BCUT2D eigenvalue weighted by molar-refractivity contribution is 5.81. The fourth-order valence-electron chi connectivity index (χ4n) is 1.51. The van der Waals surface area contributed by atoms with E-state index >= 15 is 0 Å². The molecule has 1 heterocycles. The zero-order valence-corrected chi connectivity index (χ0v) is 10.5. The van der Waals surface area contributed by atoms with Crippen LogP contribution in [0.4, 0.5) is 0 Å². The van der Waals surface area contributed by atoms with Crippen LogP contribution in [0, 0.1) is 5.41 Å². The molecule has 1 rings (SSSR count). The maximum atomic E-state index is 12.1. The Hall–Kier alpha value is -1.38. The van der Waals surface area contributed by atoms with Gasteiger partial charge in [-0.25, -0.2) is 0 Å². The molecule has 1 aromatic rings. The summed E-state index contributed by atoms with van der Waals surface area (Å²) in [7, 11) is 0. The number of rotatable bonds is 3. The van der Waals surface area contributed by atoms with Crippen LogP contribution in [0.2, 0.25) is 0 Å². The first kappa shape index (κ1) is 12.7. The third-order valence-corrected chi connectivity index (χ3v) is 2.43.